The first-order valence-corrected chi connectivity index (χ1v) is 5.58. The van der Waals surface area contributed by atoms with Crippen LogP contribution < -0.4 is 16.0 Å². The molecule has 2 rings (SSSR count). The minimum atomic E-state index is -2.98. The predicted octanol–water partition coefficient (Wildman–Crippen LogP) is 2.48. The number of halogens is 3. The Balaban J connectivity index is 2.54. The second kappa shape index (κ2) is 5.74. The minimum absolute atomic E-state index is 0.0353. The van der Waals surface area contributed by atoms with Gasteiger partial charge in [0.25, 0.3) is 0 Å². The number of nitrogens with one attached hydrogen (secondary N) is 1. The zero-order valence-corrected chi connectivity index (χ0v) is 10.4. The average molecular weight is 284 g/mol. The fourth-order valence-corrected chi connectivity index (χ4v) is 1.63. The summed E-state index contributed by atoms with van der Waals surface area (Å²) in [5, 5.41) is 0. The van der Waals surface area contributed by atoms with Crippen molar-refractivity contribution < 1.29 is 17.9 Å². The summed E-state index contributed by atoms with van der Waals surface area (Å²) in [6.45, 7) is -1.57. The van der Waals surface area contributed by atoms with Crippen LogP contribution in [0.5, 0.6) is 5.75 Å². The molecule has 0 radical (unpaired) electrons. The molecule has 1 heterocycles. The van der Waals surface area contributed by atoms with Gasteiger partial charge in [0.15, 0.2) is 17.5 Å². The van der Waals surface area contributed by atoms with E-state index in [0.717, 1.165) is 0 Å². The standard InChI is InChI=1S/C12H11F3N4O/c1-6-9(13)11(19-16)18-10(17-6)7-4-2-3-5-8(7)20-12(14)15/h2-5,12H,16H2,1H3,(H,17,18,19). The highest BCUT2D eigenvalue weighted by molar-refractivity contribution is 5.65. The van der Waals surface area contributed by atoms with Gasteiger partial charge in [0, 0.05) is 0 Å². The molecule has 0 aliphatic heterocycles. The lowest BCUT2D eigenvalue weighted by atomic mass is 10.2. The van der Waals surface area contributed by atoms with Crippen molar-refractivity contribution in [1.82, 2.24) is 9.97 Å². The van der Waals surface area contributed by atoms with E-state index in [2.05, 4.69) is 20.1 Å². The molecular formula is C12H11F3N4O. The predicted molar refractivity (Wildman–Crippen MR) is 66.6 cm³/mol. The molecule has 0 spiro atoms. The van der Waals surface area contributed by atoms with Crippen LogP contribution in [0.4, 0.5) is 19.0 Å². The molecule has 2 aromatic rings. The summed E-state index contributed by atoms with van der Waals surface area (Å²) < 4.78 is 42.7. The number of hydrazine groups is 1. The SMILES string of the molecule is Cc1nc(-c2ccccc2OC(F)F)nc(NN)c1F. The van der Waals surface area contributed by atoms with Gasteiger partial charge in [-0.2, -0.15) is 8.78 Å². The van der Waals surface area contributed by atoms with E-state index in [9.17, 15) is 13.2 Å². The van der Waals surface area contributed by atoms with E-state index in [1.165, 1.54) is 25.1 Å². The highest BCUT2D eigenvalue weighted by Gasteiger charge is 2.16. The van der Waals surface area contributed by atoms with E-state index in [1.807, 2.05) is 0 Å². The van der Waals surface area contributed by atoms with Crippen molar-refractivity contribution in [3.63, 3.8) is 0 Å². The topological polar surface area (TPSA) is 73.1 Å². The molecule has 0 bridgehead atoms. The lowest BCUT2D eigenvalue weighted by Crippen LogP contribution is -2.13. The maximum atomic E-state index is 13.6. The van der Waals surface area contributed by atoms with E-state index in [-0.39, 0.29) is 28.6 Å². The molecule has 1 aromatic heterocycles. The number of anilines is 1. The molecule has 20 heavy (non-hydrogen) atoms. The van der Waals surface area contributed by atoms with Crippen molar-refractivity contribution in [2.45, 2.75) is 13.5 Å². The van der Waals surface area contributed by atoms with E-state index in [1.54, 1.807) is 6.07 Å². The third-order valence-corrected chi connectivity index (χ3v) is 2.50. The molecule has 0 fully saturated rings. The summed E-state index contributed by atoms with van der Waals surface area (Å²) in [7, 11) is 0. The smallest absolute Gasteiger partial charge is 0.387 e. The number of alkyl halides is 2. The van der Waals surface area contributed by atoms with Crippen LogP contribution in [0.2, 0.25) is 0 Å². The van der Waals surface area contributed by atoms with Gasteiger partial charge in [-0.25, -0.2) is 20.2 Å². The van der Waals surface area contributed by atoms with Gasteiger partial charge in [-0.05, 0) is 19.1 Å². The Hall–Kier alpha value is -2.35. The van der Waals surface area contributed by atoms with Gasteiger partial charge in [-0.1, -0.05) is 12.1 Å². The first-order chi connectivity index (χ1) is 9.52. The summed E-state index contributed by atoms with van der Waals surface area (Å²) in [5.41, 5.74) is 2.34. The maximum absolute atomic E-state index is 13.6. The van der Waals surface area contributed by atoms with Gasteiger partial charge >= 0.3 is 6.61 Å². The number of benzene rings is 1. The molecule has 0 amide bonds. The Labute approximate surface area is 112 Å². The zero-order chi connectivity index (χ0) is 14.7. The third-order valence-electron chi connectivity index (χ3n) is 2.50. The van der Waals surface area contributed by atoms with Crippen molar-refractivity contribution in [2.75, 3.05) is 5.43 Å². The Morgan fingerprint density at radius 2 is 1.95 bits per heavy atom. The maximum Gasteiger partial charge on any atom is 0.387 e. The monoisotopic (exact) mass is 284 g/mol. The molecule has 0 unspecified atom stereocenters. The van der Waals surface area contributed by atoms with Gasteiger partial charge in [-0.3, -0.25) is 0 Å². The highest BCUT2D eigenvalue weighted by Crippen LogP contribution is 2.30. The largest absolute Gasteiger partial charge is 0.434 e. The summed E-state index contributed by atoms with van der Waals surface area (Å²) in [6, 6.07) is 5.97. The minimum Gasteiger partial charge on any atom is -0.434 e. The number of hydrogen-bond acceptors (Lipinski definition) is 5. The van der Waals surface area contributed by atoms with Crippen LogP contribution in [-0.2, 0) is 0 Å². The van der Waals surface area contributed by atoms with Gasteiger partial charge in [0.05, 0.1) is 11.3 Å². The second-order valence-electron chi connectivity index (χ2n) is 3.81. The number of para-hydroxylation sites is 1. The second-order valence-corrected chi connectivity index (χ2v) is 3.81. The number of nitrogens with zero attached hydrogens (tertiary/aromatic N) is 2. The molecule has 1 aromatic carbocycles. The Morgan fingerprint density at radius 1 is 1.25 bits per heavy atom. The summed E-state index contributed by atoms with van der Waals surface area (Å²) in [6.07, 6.45) is 0. The van der Waals surface area contributed by atoms with Crippen LogP contribution >= 0.6 is 0 Å². The van der Waals surface area contributed by atoms with E-state index in [4.69, 9.17) is 5.84 Å². The van der Waals surface area contributed by atoms with E-state index >= 15 is 0 Å². The lowest BCUT2D eigenvalue weighted by Gasteiger charge is -2.11. The fraction of sp³-hybridized carbons (Fsp3) is 0.167. The van der Waals surface area contributed by atoms with Crippen LogP contribution in [0.1, 0.15) is 5.69 Å². The Kier molecular flexibility index (Phi) is 4.04. The first-order valence-electron chi connectivity index (χ1n) is 5.58. The number of hydrogen-bond donors (Lipinski definition) is 2. The molecule has 0 saturated heterocycles. The normalized spacial score (nSPS) is 10.7. The average Bonchev–Trinajstić information content (AvgIpc) is 2.42. The number of rotatable bonds is 4. The fourth-order valence-electron chi connectivity index (χ4n) is 1.63. The van der Waals surface area contributed by atoms with Crippen molar-refractivity contribution >= 4 is 5.82 Å². The molecule has 3 N–H and O–H groups in total. The molecule has 0 aliphatic carbocycles. The van der Waals surface area contributed by atoms with Gasteiger partial charge in [0.1, 0.15) is 5.75 Å². The van der Waals surface area contributed by atoms with Crippen LogP contribution in [0.25, 0.3) is 11.4 Å². The molecular weight excluding hydrogens is 273 g/mol. The Bertz CT molecular complexity index is 622. The first kappa shape index (κ1) is 14.1. The molecule has 0 atom stereocenters. The number of nitrogen functional groups attached to an aromatic ring is 1. The van der Waals surface area contributed by atoms with Gasteiger partial charge < -0.3 is 10.2 Å². The van der Waals surface area contributed by atoms with E-state index < -0.39 is 12.4 Å². The zero-order valence-electron chi connectivity index (χ0n) is 10.4. The number of ether oxygens (including phenoxy) is 1. The van der Waals surface area contributed by atoms with E-state index in [0.29, 0.717) is 0 Å². The summed E-state index contributed by atoms with van der Waals surface area (Å²) in [5.74, 6) is 4.16. The van der Waals surface area contributed by atoms with Crippen LogP contribution in [0.15, 0.2) is 24.3 Å². The van der Waals surface area contributed by atoms with Crippen LogP contribution in [0.3, 0.4) is 0 Å². The summed E-state index contributed by atoms with van der Waals surface area (Å²) in [4.78, 5) is 7.76. The quantitative estimate of drug-likeness (QED) is 0.666. The van der Waals surface area contributed by atoms with Gasteiger partial charge in [-0.15, -0.1) is 0 Å². The highest BCUT2D eigenvalue weighted by atomic mass is 19.3. The molecule has 8 heteroatoms. The van der Waals surface area contributed by atoms with Crippen molar-refractivity contribution in [3.05, 3.63) is 35.8 Å². The number of aryl methyl sites for hydroxylation is 1. The van der Waals surface area contributed by atoms with Crippen molar-refractivity contribution in [2.24, 2.45) is 5.84 Å². The summed E-state index contributed by atoms with van der Waals surface area (Å²) >= 11 is 0. The third kappa shape index (κ3) is 2.80. The van der Waals surface area contributed by atoms with Gasteiger partial charge in [0.2, 0.25) is 0 Å². The molecule has 106 valence electrons. The van der Waals surface area contributed by atoms with Crippen LogP contribution in [0, 0.1) is 12.7 Å². The lowest BCUT2D eigenvalue weighted by molar-refractivity contribution is -0.0494. The Morgan fingerprint density at radius 3 is 2.60 bits per heavy atom. The van der Waals surface area contributed by atoms with Crippen LogP contribution in [-0.4, -0.2) is 16.6 Å². The molecule has 5 nitrogen and oxygen atoms in total. The number of aromatic nitrogens is 2. The van der Waals surface area contributed by atoms with Crippen molar-refractivity contribution in [3.8, 4) is 17.1 Å². The molecule has 0 saturated carbocycles. The van der Waals surface area contributed by atoms with Crippen molar-refractivity contribution in [1.29, 1.82) is 0 Å². The molecule has 0 aliphatic rings. The number of nitrogens with two attached hydrogens (primary N) is 1.